The maximum Gasteiger partial charge on any atom is 0.226 e. The van der Waals surface area contributed by atoms with Crippen LogP contribution in [-0.2, 0) is 11.2 Å². The van der Waals surface area contributed by atoms with E-state index >= 15 is 0 Å². The van der Waals surface area contributed by atoms with Crippen LogP contribution in [0.5, 0.6) is 0 Å². The molecule has 0 aliphatic rings. The van der Waals surface area contributed by atoms with Gasteiger partial charge in [0.25, 0.3) is 0 Å². The molecule has 0 saturated carbocycles. The number of nitrogens with zero attached hydrogens (tertiary/aromatic N) is 1. The molecule has 1 N–H and O–H groups in total. The minimum Gasteiger partial charge on any atom is -0.462 e. The highest BCUT2D eigenvalue weighted by atomic mass is 32.1. The molecule has 4 nitrogen and oxygen atoms in total. The third-order valence-corrected chi connectivity index (χ3v) is 3.88. The van der Waals surface area contributed by atoms with Crippen molar-refractivity contribution in [2.75, 3.05) is 0 Å². The van der Waals surface area contributed by atoms with Gasteiger partial charge in [-0.15, -0.1) is 11.3 Å². The van der Waals surface area contributed by atoms with Gasteiger partial charge in [-0.3, -0.25) is 4.79 Å². The summed E-state index contributed by atoms with van der Waals surface area (Å²) in [5, 5.41) is 5.73. The Balaban J connectivity index is 1.95. The molecule has 5 heteroatoms. The first-order valence-electron chi connectivity index (χ1n) is 6.50. The van der Waals surface area contributed by atoms with Crippen molar-refractivity contribution in [2.24, 2.45) is 0 Å². The van der Waals surface area contributed by atoms with Gasteiger partial charge in [-0.1, -0.05) is 13.8 Å². The summed E-state index contributed by atoms with van der Waals surface area (Å²) in [4.78, 5) is 16.3. The lowest BCUT2D eigenvalue weighted by molar-refractivity contribution is -0.121. The molecule has 0 saturated heterocycles. The van der Waals surface area contributed by atoms with Gasteiger partial charge in [0.05, 0.1) is 18.4 Å². The molecule has 0 radical (unpaired) electrons. The van der Waals surface area contributed by atoms with Gasteiger partial charge in [0, 0.05) is 11.4 Å². The van der Waals surface area contributed by atoms with E-state index in [9.17, 15) is 4.79 Å². The molecule has 0 aliphatic heterocycles. The fourth-order valence-corrected chi connectivity index (χ4v) is 2.62. The number of furan rings is 1. The van der Waals surface area contributed by atoms with E-state index in [-0.39, 0.29) is 11.9 Å². The van der Waals surface area contributed by atoms with Crippen LogP contribution >= 0.6 is 11.3 Å². The Morgan fingerprint density at radius 2 is 2.26 bits per heavy atom. The Kier molecular flexibility index (Phi) is 4.74. The van der Waals surface area contributed by atoms with Crippen molar-refractivity contribution in [3.05, 3.63) is 29.5 Å². The smallest absolute Gasteiger partial charge is 0.226 e. The van der Waals surface area contributed by atoms with Gasteiger partial charge in [0.15, 0.2) is 10.8 Å². The average molecular weight is 278 g/mol. The molecular formula is C14H18N2O2S. The number of amides is 1. The maximum atomic E-state index is 11.9. The number of thiazole rings is 1. The largest absolute Gasteiger partial charge is 0.462 e. The van der Waals surface area contributed by atoms with Crippen molar-refractivity contribution in [1.29, 1.82) is 0 Å². The molecule has 0 bridgehead atoms. The lowest BCUT2D eigenvalue weighted by Gasteiger charge is -2.13. The number of hydrogen-bond acceptors (Lipinski definition) is 4. The number of aromatic nitrogens is 1. The number of nitrogens with one attached hydrogen (secondary N) is 1. The second kappa shape index (κ2) is 6.52. The Morgan fingerprint density at radius 1 is 1.47 bits per heavy atom. The van der Waals surface area contributed by atoms with Crippen molar-refractivity contribution in [2.45, 2.75) is 39.2 Å². The molecule has 19 heavy (non-hydrogen) atoms. The predicted molar refractivity (Wildman–Crippen MR) is 76.0 cm³/mol. The van der Waals surface area contributed by atoms with Crippen molar-refractivity contribution < 1.29 is 9.21 Å². The molecule has 0 aliphatic carbocycles. The van der Waals surface area contributed by atoms with Crippen LogP contribution in [0.1, 0.15) is 32.4 Å². The summed E-state index contributed by atoms with van der Waals surface area (Å²) >= 11 is 1.49. The van der Waals surface area contributed by atoms with Crippen LogP contribution in [0.4, 0.5) is 0 Å². The van der Waals surface area contributed by atoms with Crippen LogP contribution in [0.15, 0.2) is 28.2 Å². The third-order valence-electron chi connectivity index (χ3n) is 2.98. The Hall–Kier alpha value is -1.62. The number of carbonyl (C=O) groups is 1. The highest BCUT2D eigenvalue weighted by molar-refractivity contribution is 7.13. The molecule has 0 atom stereocenters. The highest BCUT2D eigenvalue weighted by Crippen LogP contribution is 2.24. The highest BCUT2D eigenvalue weighted by Gasteiger charge is 2.12. The summed E-state index contributed by atoms with van der Waals surface area (Å²) in [5.41, 5.74) is 0.792. The van der Waals surface area contributed by atoms with Crippen LogP contribution < -0.4 is 5.32 Å². The first kappa shape index (κ1) is 13.8. The fourth-order valence-electron chi connectivity index (χ4n) is 1.84. The standard InChI is InChI=1S/C14H18N2O2S/c1-3-10(4-2)15-13(17)8-11-9-19-14(16-11)12-6-5-7-18-12/h5-7,9-10H,3-4,8H2,1-2H3,(H,15,17). The minimum absolute atomic E-state index is 0.0324. The lowest BCUT2D eigenvalue weighted by atomic mass is 10.1. The lowest BCUT2D eigenvalue weighted by Crippen LogP contribution is -2.34. The molecular weight excluding hydrogens is 260 g/mol. The molecule has 2 aromatic rings. The average Bonchev–Trinajstić information content (AvgIpc) is 3.06. The van der Waals surface area contributed by atoms with E-state index in [1.807, 2.05) is 17.5 Å². The molecule has 2 heterocycles. The fraction of sp³-hybridized carbons (Fsp3) is 0.429. The summed E-state index contributed by atoms with van der Waals surface area (Å²) in [6, 6.07) is 3.96. The van der Waals surface area contributed by atoms with Crippen LogP contribution in [0.2, 0.25) is 0 Å². The Morgan fingerprint density at radius 3 is 2.89 bits per heavy atom. The maximum absolute atomic E-state index is 11.9. The van der Waals surface area contributed by atoms with Crippen LogP contribution in [-0.4, -0.2) is 16.9 Å². The van der Waals surface area contributed by atoms with E-state index < -0.39 is 0 Å². The van der Waals surface area contributed by atoms with Crippen LogP contribution in [0.3, 0.4) is 0 Å². The summed E-state index contributed by atoms with van der Waals surface area (Å²) in [6.45, 7) is 4.15. The van der Waals surface area contributed by atoms with Gasteiger partial charge < -0.3 is 9.73 Å². The van der Waals surface area contributed by atoms with E-state index in [2.05, 4.69) is 24.1 Å². The van der Waals surface area contributed by atoms with E-state index in [1.165, 1.54) is 11.3 Å². The molecule has 2 rings (SSSR count). The van der Waals surface area contributed by atoms with Gasteiger partial charge in [0.2, 0.25) is 5.91 Å². The number of hydrogen-bond donors (Lipinski definition) is 1. The Bertz CT molecular complexity index is 515. The van der Waals surface area contributed by atoms with Crippen LogP contribution in [0.25, 0.3) is 10.8 Å². The molecule has 0 unspecified atom stereocenters. The minimum atomic E-state index is 0.0324. The molecule has 0 fully saturated rings. The summed E-state index contributed by atoms with van der Waals surface area (Å²) in [5.74, 6) is 0.779. The van der Waals surface area contributed by atoms with Gasteiger partial charge in [-0.05, 0) is 25.0 Å². The van der Waals surface area contributed by atoms with Crippen molar-refractivity contribution >= 4 is 17.2 Å². The van der Waals surface area contributed by atoms with E-state index in [0.29, 0.717) is 6.42 Å². The predicted octanol–water partition coefficient (Wildman–Crippen LogP) is 3.25. The monoisotopic (exact) mass is 278 g/mol. The number of rotatable bonds is 6. The van der Waals surface area contributed by atoms with Crippen molar-refractivity contribution in [3.8, 4) is 10.8 Å². The van der Waals surface area contributed by atoms with Crippen molar-refractivity contribution in [1.82, 2.24) is 10.3 Å². The quantitative estimate of drug-likeness (QED) is 0.882. The zero-order valence-corrected chi connectivity index (χ0v) is 12.0. The van der Waals surface area contributed by atoms with Crippen molar-refractivity contribution in [3.63, 3.8) is 0 Å². The van der Waals surface area contributed by atoms with E-state index in [4.69, 9.17) is 4.42 Å². The zero-order chi connectivity index (χ0) is 13.7. The van der Waals surface area contributed by atoms with E-state index in [1.54, 1.807) is 6.26 Å². The third kappa shape index (κ3) is 3.67. The van der Waals surface area contributed by atoms with Gasteiger partial charge in [-0.2, -0.15) is 0 Å². The number of carbonyl (C=O) groups excluding carboxylic acids is 1. The summed E-state index contributed by atoms with van der Waals surface area (Å²) < 4.78 is 5.28. The molecule has 0 spiro atoms. The molecule has 2 aromatic heterocycles. The second-order valence-electron chi connectivity index (χ2n) is 4.38. The Labute approximate surface area is 116 Å². The first-order chi connectivity index (χ1) is 9.22. The van der Waals surface area contributed by atoms with Crippen LogP contribution in [0, 0.1) is 0 Å². The SMILES string of the molecule is CCC(CC)NC(=O)Cc1csc(-c2ccco2)n1. The van der Waals surface area contributed by atoms with Gasteiger partial charge >= 0.3 is 0 Å². The van der Waals surface area contributed by atoms with Gasteiger partial charge in [0.1, 0.15) is 0 Å². The topological polar surface area (TPSA) is 55.1 Å². The van der Waals surface area contributed by atoms with E-state index in [0.717, 1.165) is 29.3 Å². The molecule has 1 amide bonds. The normalized spacial score (nSPS) is 10.9. The zero-order valence-electron chi connectivity index (χ0n) is 11.2. The second-order valence-corrected chi connectivity index (χ2v) is 5.24. The summed E-state index contributed by atoms with van der Waals surface area (Å²) in [7, 11) is 0. The summed E-state index contributed by atoms with van der Waals surface area (Å²) in [6.07, 6.45) is 3.86. The molecule has 102 valence electrons. The first-order valence-corrected chi connectivity index (χ1v) is 7.38. The van der Waals surface area contributed by atoms with Gasteiger partial charge in [-0.25, -0.2) is 4.98 Å². The molecule has 0 aromatic carbocycles.